The monoisotopic (exact) mass is 758 g/mol. The zero-order chi connectivity index (χ0) is 39.0. The number of hydrogen-bond acceptors (Lipinski definition) is 10. The zero-order valence-electron chi connectivity index (χ0n) is 31.1. The third-order valence-corrected chi connectivity index (χ3v) is 10.0. The minimum absolute atomic E-state index is 0.0254. The molecule has 1 fully saturated rings. The number of rotatable bonds is 6. The van der Waals surface area contributed by atoms with Crippen LogP contribution in [0, 0.1) is 0 Å². The molecule has 0 spiro atoms. The number of benzene rings is 2. The summed E-state index contributed by atoms with van der Waals surface area (Å²) >= 11 is 0. The van der Waals surface area contributed by atoms with E-state index in [9.17, 15) is 34.8 Å². The first kappa shape index (κ1) is 41.4. The van der Waals surface area contributed by atoms with E-state index < -0.39 is 55.1 Å². The number of amides is 3. The molecule has 2 aromatic carbocycles. The smallest absolute Gasteiger partial charge is 0.252 e. The van der Waals surface area contributed by atoms with Crippen LogP contribution in [-0.4, -0.2) is 103 Å². The summed E-state index contributed by atoms with van der Waals surface area (Å²) in [4.78, 5) is 40.9. The van der Waals surface area contributed by atoms with Crippen molar-refractivity contribution in [1.29, 1.82) is 0 Å². The lowest BCUT2D eigenvalue weighted by atomic mass is 9.98. The molecule has 7 N–H and O–H groups in total. The van der Waals surface area contributed by atoms with Crippen molar-refractivity contribution in [3.8, 4) is 0 Å². The number of nitrogens with one attached hydrogen (secondary N) is 3. The molecule has 0 unspecified atom stereocenters. The Morgan fingerprint density at radius 1 is 0.745 bits per heavy atom. The Morgan fingerprint density at radius 3 is 2.05 bits per heavy atom. The molecule has 6 atom stereocenters. The van der Waals surface area contributed by atoms with Crippen LogP contribution in [-0.2, 0) is 25.5 Å². The molecule has 3 heterocycles. The van der Waals surface area contributed by atoms with Crippen molar-refractivity contribution >= 4 is 28.9 Å². The molecule has 2 aliphatic heterocycles. The summed E-state index contributed by atoms with van der Waals surface area (Å²) in [6.45, 7) is 0.0811. The second-order valence-corrected chi connectivity index (χ2v) is 14.1. The normalized spacial score (nSPS) is 28.0. The number of hydrogen-bond donors (Lipinski definition) is 7. The van der Waals surface area contributed by atoms with E-state index in [1.807, 2.05) is 54.6 Å². The molecule has 0 bridgehead atoms. The minimum atomic E-state index is -1.61. The summed E-state index contributed by atoms with van der Waals surface area (Å²) in [6.07, 6.45) is 7.18. The van der Waals surface area contributed by atoms with Gasteiger partial charge in [-0.3, -0.25) is 14.4 Å². The van der Waals surface area contributed by atoms with E-state index in [1.54, 1.807) is 18.2 Å². The van der Waals surface area contributed by atoms with Crippen LogP contribution < -0.4 is 16.0 Å². The second-order valence-electron chi connectivity index (χ2n) is 14.1. The van der Waals surface area contributed by atoms with Crippen molar-refractivity contribution in [1.82, 2.24) is 30.9 Å². The first-order valence-corrected chi connectivity index (χ1v) is 19.3. The maximum Gasteiger partial charge on any atom is 0.252 e. The van der Waals surface area contributed by atoms with Gasteiger partial charge in [-0.2, -0.15) is 0 Å². The molecule has 14 nitrogen and oxygen atoms in total. The summed E-state index contributed by atoms with van der Waals surface area (Å²) in [7, 11) is 0. The summed E-state index contributed by atoms with van der Waals surface area (Å²) in [5.74, 6) is -0.953. The number of allylic oxidation sites excluding steroid dienone is 2. The predicted molar refractivity (Wildman–Crippen MR) is 206 cm³/mol. The van der Waals surface area contributed by atoms with Crippen LogP contribution in [0.3, 0.4) is 0 Å². The van der Waals surface area contributed by atoms with Crippen molar-refractivity contribution in [2.24, 2.45) is 0 Å². The van der Waals surface area contributed by atoms with Crippen molar-refractivity contribution in [2.45, 2.75) is 107 Å². The van der Waals surface area contributed by atoms with Gasteiger partial charge in [0.25, 0.3) is 5.91 Å². The summed E-state index contributed by atoms with van der Waals surface area (Å²) < 4.78 is 6.77. The number of ether oxygens (including phenoxy) is 1. The van der Waals surface area contributed by atoms with Gasteiger partial charge in [0.2, 0.25) is 11.8 Å². The van der Waals surface area contributed by atoms with E-state index in [4.69, 9.17) is 4.74 Å². The standard InChI is InChI=1S/C41H54N6O8/c48-27-34-36(50)37(51)38(52)41(55-34)47-26-31(45-46-47)24-33-40(54)42-23-15-7-5-3-1-2-4-6-14-20-35(49)43-25-30(28-16-10-8-11-17-28)21-22-32(39(53)44-33)29-18-12-9-13-19-29/h8-13,16-19,21-22,26,33-34,36-38,41,48,50-52H,1-7,14-15,20,23-25,27H2,(H,42,54)(H,43,49)(H,44,53)/b30-21+,32-22-/t33-,34+,36-,37-,38+,41+/m0/s1. The Bertz CT molecular complexity index is 1730. The van der Waals surface area contributed by atoms with Crippen LogP contribution >= 0.6 is 0 Å². The fraction of sp³-hybridized carbons (Fsp3) is 0.488. The average molecular weight is 759 g/mol. The third kappa shape index (κ3) is 12.1. The van der Waals surface area contributed by atoms with Gasteiger partial charge < -0.3 is 41.1 Å². The largest absolute Gasteiger partial charge is 0.394 e. The maximum absolute atomic E-state index is 14.2. The molecule has 296 valence electrons. The quantitative estimate of drug-likeness (QED) is 0.196. The molecular formula is C41H54N6O8. The SMILES string of the molecule is O=C1CCCCCCCCCCCNC(=O)[C@H](Cc2cn([C@@H]3O[C@H](CO)[C@H](O)[C@H](O)[C@H]3O)nn2)NC(=O)/C(c2ccccc2)=C\C=C(\c2ccccc2)CN1. The summed E-state index contributed by atoms with van der Waals surface area (Å²) in [5, 5.41) is 57.9. The fourth-order valence-corrected chi connectivity index (χ4v) is 6.77. The highest BCUT2D eigenvalue weighted by atomic mass is 16.6. The van der Waals surface area contributed by atoms with Gasteiger partial charge >= 0.3 is 0 Å². The summed E-state index contributed by atoms with van der Waals surface area (Å²) in [5.41, 5.74) is 2.87. The van der Waals surface area contributed by atoms with Gasteiger partial charge in [-0.25, -0.2) is 4.68 Å². The van der Waals surface area contributed by atoms with Gasteiger partial charge in [0.15, 0.2) is 6.23 Å². The molecule has 3 amide bonds. The molecule has 5 rings (SSSR count). The lowest BCUT2D eigenvalue weighted by molar-refractivity contribution is -0.254. The Hall–Kier alpha value is -4.73. The van der Waals surface area contributed by atoms with Gasteiger partial charge in [0, 0.05) is 31.5 Å². The molecule has 0 aliphatic carbocycles. The van der Waals surface area contributed by atoms with E-state index in [1.165, 1.54) is 6.20 Å². The highest BCUT2D eigenvalue weighted by Crippen LogP contribution is 2.28. The fourth-order valence-electron chi connectivity index (χ4n) is 6.77. The van der Waals surface area contributed by atoms with Gasteiger partial charge in [-0.05, 0) is 35.6 Å². The first-order chi connectivity index (χ1) is 26.7. The Balaban J connectivity index is 1.43. The van der Waals surface area contributed by atoms with Crippen molar-refractivity contribution in [3.63, 3.8) is 0 Å². The molecule has 55 heavy (non-hydrogen) atoms. The molecule has 2 aliphatic rings. The lowest BCUT2D eigenvalue weighted by Gasteiger charge is -2.39. The Morgan fingerprint density at radius 2 is 1.38 bits per heavy atom. The Labute approximate surface area is 321 Å². The van der Waals surface area contributed by atoms with Crippen LogP contribution in [0.5, 0.6) is 0 Å². The van der Waals surface area contributed by atoms with E-state index in [0.717, 1.165) is 73.6 Å². The van der Waals surface area contributed by atoms with E-state index in [0.29, 0.717) is 24.1 Å². The molecule has 1 aromatic heterocycles. The minimum Gasteiger partial charge on any atom is -0.394 e. The number of aliphatic hydroxyl groups excluding tert-OH is 4. The van der Waals surface area contributed by atoms with Crippen LogP contribution in [0.1, 0.15) is 87.3 Å². The van der Waals surface area contributed by atoms with Gasteiger partial charge in [-0.15, -0.1) is 5.10 Å². The van der Waals surface area contributed by atoms with Crippen molar-refractivity contribution in [2.75, 3.05) is 19.7 Å². The topological polar surface area (TPSA) is 208 Å². The molecule has 0 radical (unpaired) electrons. The molecule has 0 saturated carbocycles. The number of nitrogens with zero attached hydrogens (tertiary/aromatic N) is 3. The van der Waals surface area contributed by atoms with Crippen LogP contribution in [0.15, 0.2) is 79.0 Å². The van der Waals surface area contributed by atoms with E-state index >= 15 is 0 Å². The number of aromatic nitrogens is 3. The predicted octanol–water partition coefficient (Wildman–Crippen LogP) is 2.59. The van der Waals surface area contributed by atoms with Crippen LogP contribution in [0.4, 0.5) is 0 Å². The van der Waals surface area contributed by atoms with Crippen LogP contribution in [0.2, 0.25) is 0 Å². The van der Waals surface area contributed by atoms with Gasteiger partial charge in [-0.1, -0.05) is 117 Å². The second kappa shape index (κ2) is 21.4. The molecule has 14 heteroatoms. The van der Waals surface area contributed by atoms with E-state index in [2.05, 4.69) is 26.3 Å². The average Bonchev–Trinajstić information content (AvgIpc) is 3.67. The van der Waals surface area contributed by atoms with E-state index in [-0.39, 0.29) is 24.6 Å². The lowest BCUT2D eigenvalue weighted by Crippen LogP contribution is -2.56. The number of aliphatic hydroxyl groups is 4. The maximum atomic E-state index is 14.2. The first-order valence-electron chi connectivity index (χ1n) is 19.3. The number of carbonyl (C=O) groups excluding carboxylic acids is 3. The van der Waals surface area contributed by atoms with Crippen molar-refractivity contribution in [3.05, 3.63) is 95.8 Å². The zero-order valence-corrected chi connectivity index (χ0v) is 31.1. The summed E-state index contributed by atoms with van der Waals surface area (Å²) in [6, 6.07) is 17.6. The molecule has 3 aromatic rings. The Kier molecular flexibility index (Phi) is 16.1. The van der Waals surface area contributed by atoms with Gasteiger partial charge in [0.05, 0.1) is 18.5 Å². The van der Waals surface area contributed by atoms with Crippen LogP contribution in [0.25, 0.3) is 11.1 Å². The highest BCUT2D eigenvalue weighted by Gasteiger charge is 2.44. The van der Waals surface area contributed by atoms with Gasteiger partial charge in [0.1, 0.15) is 30.5 Å². The van der Waals surface area contributed by atoms with Crippen molar-refractivity contribution < 1.29 is 39.5 Å². The molecular weight excluding hydrogens is 704 g/mol. The molecule has 1 saturated heterocycles. The third-order valence-electron chi connectivity index (χ3n) is 10.0. The highest BCUT2D eigenvalue weighted by molar-refractivity contribution is 6.20. The number of carbonyl (C=O) groups is 3.